The van der Waals surface area contributed by atoms with Crippen molar-refractivity contribution in [3.8, 4) is 11.5 Å². The predicted molar refractivity (Wildman–Crippen MR) is 167 cm³/mol. The number of methoxy groups -OCH3 is 2. The lowest BCUT2D eigenvalue weighted by Gasteiger charge is -2.24. The number of azo groups is 2. The molecule has 0 bridgehead atoms. The van der Waals surface area contributed by atoms with Crippen LogP contribution in [0.5, 0.6) is 11.5 Å². The average Bonchev–Trinajstić information content (AvgIpc) is 3.48. The molecule has 14 heteroatoms. The Morgan fingerprint density at radius 1 is 0.698 bits per heavy atom. The minimum absolute atomic E-state index is 0. The van der Waals surface area contributed by atoms with E-state index in [1.54, 1.807) is 45.4 Å². The molecule has 4 rings (SSSR count). The Morgan fingerprint density at radius 2 is 1.09 bits per heavy atom. The number of ether oxygens (including phenoxy) is 2. The van der Waals surface area contributed by atoms with E-state index in [-0.39, 0.29) is 14.9 Å². The largest absolute Gasteiger partial charge is 0.494 e. The van der Waals surface area contributed by atoms with Gasteiger partial charge >= 0.3 is 11.9 Å². The Bertz CT molecular complexity index is 1390. The topological polar surface area (TPSA) is 118 Å². The molecule has 0 atom stereocenters. The fourth-order valence-corrected chi connectivity index (χ4v) is 4.22. The smallest absolute Gasteiger partial charge is 0.403 e. The van der Waals surface area contributed by atoms with Crippen LogP contribution >= 0.6 is 0 Å². The summed E-state index contributed by atoms with van der Waals surface area (Å²) in [5.74, 6) is 2.57. The first kappa shape index (κ1) is 34.3. The minimum atomic E-state index is 0. The van der Waals surface area contributed by atoms with Gasteiger partial charge in [0.1, 0.15) is 22.9 Å². The van der Waals surface area contributed by atoms with Gasteiger partial charge in [-0.25, -0.2) is 9.13 Å². The third-order valence-corrected chi connectivity index (χ3v) is 6.70. The van der Waals surface area contributed by atoms with Crippen LogP contribution in [-0.2, 0) is 28.2 Å². The molecule has 0 radical (unpaired) electrons. The van der Waals surface area contributed by atoms with Gasteiger partial charge < -0.3 is 34.1 Å². The molecule has 0 fully saturated rings. The zero-order valence-corrected chi connectivity index (χ0v) is 26.9. The summed E-state index contributed by atoms with van der Waals surface area (Å²) in [5, 5.41) is 25.8. The molecule has 0 saturated carbocycles. The molecule has 0 N–H and O–H groups in total. The highest BCUT2D eigenvalue weighted by atomic mass is 16.5. The van der Waals surface area contributed by atoms with Crippen LogP contribution in [0.1, 0.15) is 6.42 Å². The van der Waals surface area contributed by atoms with Crippen LogP contribution in [0.2, 0.25) is 0 Å². The van der Waals surface area contributed by atoms with E-state index in [1.807, 2.05) is 64.6 Å². The maximum atomic E-state index is 5.60. The Balaban J connectivity index is 0.00000323. The van der Waals surface area contributed by atoms with E-state index in [9.17, 15) is 0 Å². The number of hydrogen-bond donors (Lipinski definition) is 0. The second-order valence-corrected chi connectivity index (χ2v) is 9.64. The fourth-order valence-electron chi connectivity index (χ4n) is 4.22. The first-order valence-electron chi connectivity index (χ1n) is 13.1. The summed E-state index contributed by atoms with van der Waals surface area (Å²) in [5.41, 5.74) is 3.37. The van der Waals surface area contributed by atoms with Crippen LogP contribution in [-0.4, -0.2) is 61.0 Å². The molecule has 2 aromatic carbocycles. The Morgan fingerprint density at radius 3 is 1.42 bits per heavy atom. The van der Waals surface area contributed by atoms with Crippen molar-refractivity contribution in [1.29, 1.82) is 0 Å². The molecular formula is C29H44N12O2. The van der Waals surface area contributed by atoms with E-state index in [0.717, 1.165) is 30.9 Å². The Labute approximate surface area is 254 Å². The number of anilines is 2. The summed E-state index contributed by atoms with van der Waals surface area (Å²) in [4.78, 5) is 4.39. The molecule has 2 aromatic heterocycles. The third kappa shape index (κ3) is 8.11. The van der Waals surface area contributed by atoms with E-state index < -0.39 is 0 Å². The summed E-state index contributed by atoms with van der Waals surface area (Å²) in [6, 6.07) is 11.8. The SMILES string of the molecule is COc1cc(N(C)CCCN(C)c2ccc(N=Nc3n(C)nc[n+]3C)c(OC)c2)ccc1N=Nc1n(C)nc[n+]1C.[CH3-].[CH3-]. The third-order valence-electron chi connectivity index (χ3n) is 6.70. The van der Waals surface area contributed by atoms with Crippen LogP contribution in [0.4, 0.5) is 34.6 Å². The zero-order chi connectivity index (χ0) is 29.5. The van der Waals surface area contributed by atoms with Crippen molar-refractivity contribution < 1.29 is 18.6 Å². The van der Waals surface area contributed by atoms with Crippen LogP contribution in [0.15, 0.2) is 69.5 Å². The summed E-state index contributed by atoms with van der Waals surface area (Å²) >= 11 is 0. The van der Waals surface area contributed by atoms with Gasteiger partial charge in [-0.2, -0.15) is 0 Å². The molecule has 0 amide bonds. The van der Waals surface area contributed by atoms with Crippen molar-refractivity contribution in [2.24, 2.45) is 48.6 Å². The summed E-state index contributed by atoms with van der Waals surface area (Å²) in [6.45, 7) is 1.70. The number of nitrogens with zero attached hydrogens (tertiary/aromatic N) is 12. The molecule has 0 unspecified atom stereocenters. The first-order chi connectivity index (χ1) is 19.7. The van der Waals surface area contributed by atoms with Gasteiger partial charge in [0.05, 0.1) is 42.4 Å². The van der Waals surface area contributed by atoms with Gasteiger partial charge in [-0.05, 0) is 40.9 Å². The van der Waals surface area contributed by atoms with E-state index >= 15 is 0 Å². The molecule has 0 aliphatic heterocycles. The van der Waals surface area contributed by atoms with Crippen LogP contribution < -0.4 is 28.4 Å². The summed E-state index contributed by atoms with van der Waals surface area (Å²) in [6.07, 6.45) is 4.31. The first-order valence-corrected chi connectivity index (χ1v) is 13.1. The normalized spacial score (nSPS) is 11.0. The highest BCUT2D eigenvalue weighted by Gasteiger charge is 2.15. The number of hydrogen-bond acceptors (Lipinski definition) is 10. The van der Waals surface area contributed by atoms with Crippen molar-refractivity contribution >= 4 is 34.6 Å². The Hall–Kier alpha value is -4.88. The summed E-state index contributed by atoms with van der Waals surface area (Å²) < 4.78 is 18.1. The van der Waals surface area contributed by atoms with Gasteiger partial charge in [0, 0.05) is 60.9 Å². The second kappa shape index (κ2) is 15.4. The van der Waals surface area contributed by atoms with Gasteiger partial charge in [-0.3, -0.25) is 0 Å². The van der Waals surface area contributed by atoms with Crippen molar-refractivity contribution in [3.05, 3.63) is 63.9 Å². The van der Waals surface area contributed by atoms with Crippen LogP contribution in [0.25, 0.3) is 0 Å². The molecule has 14 nitrogen and oxygen atoms in total. The predicted octanol–water partition coefficient (Wildman–Crippen LogP) is 4.51. The standard InChI is InChI=1S/C27H38N12O2.2CH3/c1-34(20-10-12-22(24(16-20)40-7)30-32-26-36(3)18-28-38(26)5)14-9-15-35(2)21-11-13-23(25(17-21)41-8)31-33-27-37(4)19-29-39(27)6;;/h10-13,16-19H,9,14-15H2,1-8H3;2*1H3/q+2;2*-1. The lowest BCUT2D eigenvalue weighted by Crippen LogP contribution is -2.25. The molecule has 0 aliphatic carbocycles. The van der Waals surface area contributed by atoms with Crippen molar-refractivity contribution in [2.75, 3.05) is 51.2 Å². The fraction of sp³-hybridized carbons (Fsp3) is 0.379. The highest BCUT2D eigenvalue weighted by molar-refractivity contribution is 5.62. The van der Waals surface area contributed by atoms with E-state index in [0.29, 0.717) is 34.8 Å². The van der Waals surface area contributed by atoms with E-state index in [4.69, 9.17) is 9.47 Å². The Kier molecular flexibility index (Phi) is 12.3. The number of benzene rings is 2. The van der Waals surface area contributed by atoms with Gasteiger partial charge in [0.15, 0.2) is 0 Å². The molecule has 232 valence electrons. The minimum Gasteiger partial charge on any atom is -0.494 e. The molecule has 4 aromatic rings. The maximum Gasteiger partial charge on any atom is 0.403 e. The van der Waals surface area contributed by atoms with Crippen molar-refractivity contribution in [3.63, 3.8) is 0 Å². The number of rotatable bonds is 12. The zero-order valence-electron chi connectivity index (χ0n) is 26.9. The van der Waals surface area contributed by atoms with Gasteiger partial charge in [0.25, 0.3) is 0 Å². The van der Waals surface area contributed by atoms with Crippen molar-refractivity contribution in [1.82, 2.24) is 19.6 Å². The highest BCUT2D eigenvalue weighted by Crippen LogP contribution is 2.34. The van der Waals surface area contributed by atoms with Gasteiger partial charge in [-0.15, -0.1) is 9.36 Å². The molecule has 0 spiro atoms. The van der Waals surface area contributed by atoms with Crippen molar-refractivity contribution in [2.45, 2.75) is 6.42 Å². The quantitative estimate of drug-likeness (QED) is 0.136. The molecule has 2 heterocycles. The lowest BCUT2D eigenvalue weighted by molar-refractivity contribution is -0.659. The average molecular weight is 593 g/mol. The monoisotopic (exact) mass is 592 g/mol. The van der Waals surface area contributed by atoms with E-state index in [1.165, 1.54) is 0 Å². The number of aryl methyl sites for hydroxylation is 4. The second-order valence-electron chi connectivity index (χ2n) is 9.64. The molecular weight excluding hydrogens is 548 g/mol. The lowest BCUT2D eigenvalue weighted by atomic mass is 10.2. The molecule has 0 saturated heterocycles. The van der Waals surface area contributed by atoms with Gasteiger partial charge in [0.2, 0.25) is 12.7 Å². The number of aromatic nitrogens is 6. The molecule has 43 heavy (non-hydrogen) atoms. The van der Waals surface area contributed by atoms with E-state index in [2.05, 4.69) is 54.5 Å². The molecule has 0 aliphatic rings. The van der Waals surface area contributed by atoms with Crippen LogP contribution in [0, 0.1) is 14.9 Å². The van der Waals surface area contributed by atoms with Gasteiger partial charge in [-0.1, -0.05) is 10.2 Å². The van der Waals surface area contributed by atoms with Crippen LogP contribution in [0.3, 0.4) is 0 Å². The maximum absolute atomic E-state index is 5.60. The summed E-state index contributed by atoms with van der Waals surface area (Å²) in [7, 11) is 14.8.